The lowest BCUT2D eigenvalue weighted by atomic mass is 9.90. The van der Waals surface area contributed by atoms with Gasteiger partial charge in [0.25, 0.3) is 0 Å². The van der Waals surface area contributed by atoms with Crippen LogP contribution in [0.1, 0.15) is 22.7 Å². The molecular weight excluding hydrogens is 222 g/mol. The normalized spacial score (nSPS) is 18.2. The van der Waals surface area contributed by atoms with E-state index in [-0.39, 0.29) is 6.04 Å². The molecule has 2 aromatic carbocycles. The van der Waals surface area contributed by atoms with Gasteiger partial charge < -0.3 is 4.74 Å². The van der Waals surface area contributed by atoms with Gasteiger partial charge in [0, 0.05) is 6.54 Å². The Morgan fingerprint density at radius 3 is 2.61 bits per heavy atom. The minimum Gasteiger partial charge on any atom is -0.497 e. The molecule has 1 atom stereocenters. The molecule has 91 valence electrons. The fraction of sp³-hybridized carbons (Fsp3) is 0.250. The molecule has 1 radical (unpaired) electrons. The first-order chi connectivity index (χ1) is 8.88. The topological polar surface area (TPSA) is 23.3 Å². The predicted octanol–water partition coefficient (Wildman–Crippen LogP) is 2.95. The summed E-state index contributed by atoms with van der Waals surface area (Å²) in [5, 5.41) is 4.76. The molecule has 2 nitrogen and oxygen atoms in total. The number of hydrogen-bond donors (Lipinski definition) is 0. The summed E-state index contributed by atoms with van der Waals surface area (Å²) < 4.78 is 5.20. The van der Waals surface area contributed by atoms with Crippen LogP contribution in [0.15, 0.2) is 48.5 Å². The van der Waals surface area contributed by atoms with E-state index >= 15 is 0 Å². The Morgan fingerprint density at radius 1 is 1.06 bits per heavy atom. The molecule has 0 saturated carbocycles. The zero-order valence-corrected chi connectivity index (χ0v) is 10.5. The van der Waals surface area contributed by atoms with Gasteiger partial charge in [0.05, 0.1) is 13.2 Å². The van der Waals surface area contributed by atoms with Crippen molar-refractivity contribution in [2.24, 2.45) is 0 Å². The number of fused-ring (bicyclic) bond motifs is 1. The molecule has 0 aromatic heterocycles. The van der Waals surface area contributed by atoms with Gasteiger partial charge in [-0.25, -0.2) is 5.32 Å². The minimum atomic E-state index is 0.181. The summed E-state index contributed by atoms with van der Waals surface area (Å²) in [4.78, 5) is 0. The van der Waals surface area contributed by atoms with Crippen molar-refractivity contribution in [1.82, 2.24) is 5.32 Å². The summed E-state index contributed by atoms with van der Waals surface area (Å²) in [5.74, 6) is 0.892. The monoisotopic (exact) mass is 238 g/mol. The van der Waals surface area contributed by atoms with Crippen molar-refractivity contribution in [2.75, 3.05) is 13.7 Å². The maximum atomic E-state index is 5.20. The van der Waals surface area contributed by atoms with E-state index in [4.69, 9.17) is 10.1 Å². The standard InChI is InChI=1S/C16H16NO/c1-18-14-8-6-13(7-9-14)16-15-5-3-2-4-12(15)10-11-17-16/h2-9,16H,10-11H2,1H3. The molecule has 0 aliphatic carbocycles. The first-order valence-corrected chi connectivity index (χ1v) is 6.27. The van der Waals surface area contributed by atoms with Gasteiger partial charge in [-0.15, -0.1) is 0 Å². The number of ether oxygens (including phenoxy) is 1. The van der Waals surface area contributed by atoms with Gasteiger partial charge in [-0.05, 0) is 35.2 Å². The van der Waals surface area contributed by atoms with Crippen LogP contribution in [-0.2, 0) is 6.42 Å². The smallest absolute Gasteiger partial charge is 0.118 e. The maximum absolute atomic E-state index is 5.20. The van der Waals surface area contributed by atoms with Gasteiger partial charge in [0.15, 0.2) is 0 Å². The SMILES string of the molecule is COc1ccc(C2[N]CCc3ccccc32)cc1. The number of methoxy groups -OCH3 is 1. The zero-order chi connectivity index (χ0) is 12.4. The Labute approximate surface area is 108 Å². The molecule has 0 N–H and O–H groups in total. The minimum absolute atomic E-state index is 0.181. The van der Waals surface area contributed by atoms with E-state index in [2.05, 4.69) is 36.4 Å². The van der Waals surface area contributed by atoms with Crippen LogP contribution >= 0.6 is 0 Å². The Bertz CT molecular complexity index is 533. The number of benzene rings is 2. The van der Waals surface area contributed by atoms with E-state index in [0.717, 1.165) is 18.7 Å². The highest BCUT2D eigenvalue weighted by molar-refractivity contribution is 5.40. The third kappa shape index (κ3) is 2.00. The van der Waals surface area contributed by atoms with Crippen LogP contribution in [0.3, 0.4) is 0 Å². The van der Waals surface area contributed by atoms with Crippen LogP contribution in [0.4, 0.5) is 0 Å². The summed E-state index contributed by atoms with van der Waals surface area (Å²) in [7, 11) is 1.69. The first-order valence-electron chi connectivity index (χ1n) is 6.27. The summed E-state index contributed by atoms with van der Waals surface area (Å²) >= 11 is 0. The average Bonchev–Trinajstić information content (AvgIpc) is 2.47. The summed E-state index contributed by atoms with van der Waals surface area (Å²) in [6, 6.07) is 17.0. The Morgan fingerprint density at radius 2 is 1.83 bits per heavy atom. The van der Waals surface area contributed by atoms with E-state index in [1.54, 1.807) is 7.11 Å². The molecule has 1 unspecified atom stereocenters. The highest BCUT2D eigenvalue weighted by Crippen LogP contribution is 2.30. The molecule has 0 fully saturated rings. The largest absolute Gasteiger partial charge is 0.497 e. The second-order valence-corrected chi connectivity index (χ2v) is 4.53. The fourth-order valence-corrected chi connectivity index (χ4v) is 2.51. The molecule has 0 saturated heterocycles. The van der Waals surface area contributed by atoms with Crippen LogP contribution < -0.4 is 10.1 Å². The molecule has 1 heterocycles. The van der Waals surface area contributed by atoms with E-state index in [9.17, 15) is 0 Å². The Balaban J connectivity index is 1.97. The molecule has 18 heavy (non-hydrogen) atoms. The molecule has 2 aromatic rings. The highest BCUT2D eigenvalue weighted by atomic mass is 16.5. The quantitative estimate of drug-likeness (QED) is 0.789. The molecule has 0 bridgehead atoms. The van der Waals surface area contributed by atoms with Crippen LogP contribution in [0.2, 0.25) is 0 Å². The average molecular weight is 238 g/mol. The van der Waals surface area contributed by atoms with Crippen molar-refractivity contribution < 1.29 is 4.74 Å². The lowest BCUT2D eigenvalue weighted by Crippen LogP contribution is -2.24. The molecule has 0 spiro atoms. The molecule has 1 aliphatic rings. The van der Waals surface area contributed by atoms with Gasteiger partial charge >= 0.3 is 0 Å². The number of rotatable bonds is 2. The fourth-order valence-electron chi connectivity index (χ4n) is 2.51. The van der Waals surface area contributed by atoms with Crippen LogP contribution in [0, 0.1) is 0 Å². The third-order valence-electron chi connectivity index (χ3n) is 3.47. The summed E-state index contributed by atoms with van der Waals surface area (Å²) in [5.41, 5.74) is 4.00. The van der Waals surface area contributed by atoms with Gasteiger partial charge in [-0.2, -0.15) is 0 Å². The molecule has 3 rings (SSSR count). The lowest BCUT2D eigenvalue weighted by Gasteiger charge is -2.25. The van der Waals surface area contributed by atoms with Crippen molar-refractivity contribution in [1.29, 1.82) is 0 Å². The third-order valence-corrected chi connectivity index (χ3v) is 3.47. The first kappa shape index (κ1) is 11.3. The van der Waals surface area contributed by atoms with Crippen molar-refractivity contribution in [3.8, 4) is 5.75 Å². The zero-order valence-electron chi connectivity index (χ0n) is 10.5. The van der Waals surface area contributed by atoms with Crippen molar-refractivity contribution >= 4 is 0 Å². The lowest BCUT2D eigenvalue weighted by molar-refractivity contribution is 0.414. The van der Waals surface area contributed by atoms with Crippen molar-refractivity contribution in [3.63, 3.8) is 0 Å². The predicted molar refractivity (Wildman–Crippen MR) is 72.0 cm³/mol. The Hall–Kier alpha value is -1.80. The van der Waals surface area contributed by atoms with Crippen LogP contribution in [-0.4, -0.2) is 13.7 Å². The van der Waals surface area contributed by atoms with Gasteiger partial charge in [-0.1, -0.05) is 36.4 Å². The molecule has 1 aliphatic heterocycles. The van der Waals surface area contributed by atoms with Crippen LogP contribution in [0.5, 0.6) is 5.75 Å². The second-order valence-electron chi connectivity index (χ2n) is 4.53. The van der Waals surface area contributed by atoms with Gasteiger partial charge in [0.2, 0.25) is 0 Å². The highest BCUT2D eigenvalue weighted by Gasteiger charge is 2.21. The van der Waals surface area contributed by atoms with E-state index in [1.165, 1.54) is 16.7 Å². The molecule has 2 heteroatoms. The Kier molecular flexibility index (Phi) is 3.03. The van der Waals surface area contributed by atoms with E-state index in [0.29, 0.717) is 0 Å². The van der Waals surface area contributed by atoms with E-state index < -0.39 is 0 Å². The summed E-state index contributed by atoms with van der Waals surface area (Å²) in [6.07, 6.45) is 1.06. The van der Waals surface area contributed by atoms with Crippen molar-refractivity contribution in [3.05, 3.63) is 65.2 Å². The molecule has 0 amide bonds. The maximum Gasteiger partial charge on any atom is 0.118 e. The van der Waals surface area contributed by atoms with E-state index in [1.807, 2.05) is 12.1 Å². The van der Waals surface area contributed by atoms with Gasteiger partial charge in [-0.3, -0.25) is 0 Å². The molecular formula is C16H16NO. The van der Waals surface area contributed by atoms with Crippen molar-refractivity contribution in [2.45, 2.75) is 12.5 Å². The second kappa shape index (κ2) is 4.83. The summed E-state index contributed by atoms with van der Waals surface area (Å²) in [6.45, 7) is 0.910. The van der Waals surface area contributed by atoms with Gasteiger partial charge in [0.1, 0.15) is 5.75 Å². The number of hydrogen-bond acceptors (Lipinski definition) is 1. The van der Waals surface area contributed by atoms with Crippen LogP contribution in [0.25, 0.3) is 0 Å². The number of nitrogens with zero attached hydrogens (tertiary/aromatic N) is 1.